The van der Waals surface area contributed by atoms with Gasteiger partial charge in [-0.15, -0.1) is 6.58 Å². The molecule has 0 bridgehead atoms. The highest BCUT2D eigenvalue weighted by molar-refractivity contribution is 5.83. The van der Waals surface area contributed by atoms with Gasteiger partial charge in [0.15, 0.2) is 6.04 Å². The summed E-state index contributed by atoms with van der Waals surface area (Å²) in [6.07, 6.45) is 2.35. The number of hydrogen-bond donors (Lipinski definition) is 2. The Morgan fingerprint density at radius 3 is 3.00 bits per heavy atom. The van der Waals surface area contributed by atoms with Gasteiger partial charge in [-0.3, -0.25) is 0 Å². The molecular weight excluding hydrogens is 224 g/mol. The Hall–Kier alpha value is -1.56. The maximum atomic E-state index is 11.9. The predicted octanol–water partition coefficient (Wildman–Crippen LogP) is 0.446. The van der Waals surface area contributed by atoms with E-state index in [0.717, 1.165) is 0 Å². The summed E-state index contributed by atoms with van der Waals surface area (Å²) < 4.78 is 5.06. The number of carboxylic acid groups (broad SMARTS) is 1. The molecule has 0 aromatic carbocycles. The van der Waals surface area contributed by atoms with Gasteiger partial charge in [0, 0.05) is 12.6 Å². The average Bonchev–Trinajstić information content (AvgIpc) is 2.29. The van der Waals surface area contributed by atoms with Gasteiger partial charge < -0.3 is 20.1 Å². The van der Waals surface area contributed by atoms with Gasteiger partial charge in [-0.1, -0.05) is 6.08 Å². The first-order chi connectivity index (χ1) is 8.06. The highest BCUT2D eigenvalue weighted by Gasteiger charge is 2.32. The van der Waals surface area contributed by atoms with Crippen LogP contribution in [-0.4, -0.2) is 53.8 Å². The van der Waals surface area contributed by atoms with Crippen LogP contribution in [0.2, 0.25) is 0 Å². The van der Waals surface area contributed by atoms with E-state index in [-0.39, 0.29) is 18.7 Å². The fraction of sp³-hybridized carbons (Fsp3) is 0.636. The SMILES string of the molecule is C=CCC(C)NC(=O)N1CCOCC1C(=O)O. The fourth-order valence-electron chi connectivity index (χ4n) is 1.65. The number of amides is 2. The summed E-state index contributed by atoms with van der Waals surface area (Å²) in [7, 11) is 0. The number of carbonyl (C=O) groups is 2. The van der Waals surface area contributed by atoms with Crippen LogP contribution in [0.15, 0.2) is 12.7 Å². The Morgan fingerprint density at radius 2 is 2.41 bits per heavy atom. The topological polar surface area (TPSA) is 78.9 Å². The molecule has 0 aliphatic carbocycles. The third-order valence-electron chi connectivity index (χ3n) is 2.56. The van der Waals surface area contributed by atoms with Crippen LogP contribution < -0.4 is 5.32 Å². The molecule has 1 saturated heterocycles. The lowest BCUT2D eigenvalue weighted by atomic mass is 10.2. The number of carboxylic acids is 1. The van der Waals surface area contributed by atoms with Crippen molar-refractivity contribution in [3.63, 3.8) is 0 Å². The molecule has 2 unspecified atom stereocenters. The maximum Gasteiger partial charge on any atom is 0.328 e. The molecule has 1 heterocycles. The minimum absolute atomic E-state index is 0.0403. The van der Waals surface area contributed by atoms with Crippen molar-refractivity contribution in [2.75, 3.05) is 19.8 Å². The van der Waals surface area contributed by atoms with Gasteiger partial charge in [0.1, 0.15) is 0 Å². The molecule has 1 fully saturated rings. The van der Waals surface area contributed by atoms with E-state index in [1.807, 2.05) is 6.92 Å². The number of carbonyl (C=O) groups excluding carboxylic acids is 1. The Morgan fingerprint density at radius 1 is 1.71 bits per heavy atom. The summed E-state index contributed by atoms with van der Waals surface area (Å²) in [5.41, 5.74) is 0. The number of morpholine rings is 1. The lowest BCUT2D eigenvalue weighted by molar-refractivity contribution is -0.147. The van der Waals surface area contributed by atoms with Crippen molar-refractivity contribution in [3.8, 4) is 0 Å². The van der Waals surface area contributed by atoms with Gasteiger partial charge in [0.25, 0.3) is 0 Å². The normalized spacial score (nSPS) is 21.7. The van der Waals surface area contributed by atoms with E-state index in [4.69, 9.17) is 9.84 Å². The van der Waals surface area contributed by atoms with Crippen LogP contribution >= 0.6 is 0 Å². The predicted molar refractivity (Wildman–Crippen MR) is 61.8 cm³/mol. The molecule has 1 aliphatic heterocycles. The molecular formula is C11H18N2O4. The van der Waals surface area contributed by atoms with Crippen LogP contribution in [0, 0.1) is 0 Å². The van der Waals surface area contributed by atoms with Gasteiger partial charge in [-0.05, 0) is 13.3 Å². The summed E-state index contributed by atoms with van der Waals surface area (Å²) in [6.45, 7) is 6.13. The quantitative estimate of drug-likeness (QED) is 0.701. The Labute approximate surface area is 100 Å². The molecule has 1 aliphatic rings. The van der Waals surface area contributed by atoms with Crippen LogP contribution in [0.3, 0.4) is 0 Å². The first-order valence-corrected chi connectivity index (χ1v) is 5.54. The smallest absolute Gasteiger partial charge is 0.328 e. The Kier molecular flexibility index (Phi) is 4.96. The van der Waals surface area contributed by atoms with Crippen LogP contribution in [0.5, 0.6) is 0 Å². The van der Waals surface area contributed by atoms with Crippen LogP contribution in [0.1, 0.15) is 13.3 Å². The minimum atomic E-state index is -1.05. The first kappa shape index (κ1) is 13.5. The molecule has 2 atom stereocenters. The number of ether oxygens (including phenoxy) is 1. The van der Waals surface area contributed by atoms with Gasteiger partial charge >= 0.3 is 12.0 Å². The zero-order valence-corrected chi connectivity index (χ0v) is 9.89. The van der Waals surface area contributed by atoms with E-state index in [2.05, 4.69) is 11.9 Å². The zero-order valence-electron chi connectivity index (χ0n) is 9.89. The van der Waals surface area contributed by atoms with Gasteiger partial charge in [0.05, 0.1) is 13.2 Å². The van der Waals surface area contributed by atoms with Crippen molar-refractivity contribution in [2.24, 2.45) is 0 Å². The van der Waals surface area contributed by atoms with E-state index in [1.165, 1.54) is 4.90 Å². The first-order valence-electron chi connectivity index (χ1n) is 5.54. The highest BCUT2D eigenvalue weighted by atomic mass is 16.5. The molecule has 17 heavy (non-hydrogen) atoms. The summed E-state index contributed by atoms with van der Waals surface area (Å²) in [5.74, 6) is -1.05. The highest BCUT2D eigenvalue weighted by Crippen LogP contribution is 2.08. The van der Waals surface area contributed by atoms with Crippen molar-refractivity contribution in [2.45, 2.75) is 25.4 Å². The third-order valence-corrected chi connectivity index (χ3v) is 2.56. The summed E-state index contributed by atoms with van der Waals surface area (Å²) in [6, 6.07) is -1.33. The molecule has 0 saturated carbocycles. The number of aliphatic carboxylic acids is 1. The molecule has 6 nitrogen and oxygen atoms in total. The second-order valence-corrected chi connectivity index (χ2v) is 4.00. The van der Waals surface area contributed by atoms with E-state index < -0.39 is 12.0 Å². The molecule has 1 rings (SSSR count). The van der Waals surface area contributed by atoms with E-state index >= 15 is 0 Å². The number of rotatable bonds is 4. The number of hydrogen-bond acceptors (Lipinski definition) is 3. The van der Waals surface area contributed by atoms with E-state index in [9.17, 15) is 9.59 Å². The second kappa shape index (κ2) is 6.24. The lowest BCUT2D eigenvalue weighted by Crippen LogP contribution is -2.56. The molecule has 0 radical (unpaired) electrons. The monoisotopic (exact) mass is 242 g/mol. The molecule has 0 spiro atoms. The van der Waals surface area contributed by atoms with Gasteiger partial charge in [0.2, 0.25) is 0 Å². The second-order valence-electron chi connectivity index (χ2n) is 4.00. The maximum absolute atomic E-state index is 11.9. The molecule has 0 aromatic rings. The molecule has 96 valence electrons. The number of nitrogens with one attached hydrogen (secondary N) is 1. The molecule has 2 amide bonds. The summed E-state index contributed by atoms with van der Waals surface area (Å²) in [4.78, 5) is 24.1. The van der Waals surface area contributed by atoms with Crippen LogP contribution in [-0.2, 0) is 9.53 Å². The molecule has 0 aromatic heterocycles. The third kappa shape index (κ3) is 3.74. The summed E-state index contributed by atoms with van der Waals surface area (Å²) >= 11 is 0. The molecule has 6 heteroatoms. The van der Waals surface area contributed by atoms with E-state index in [0.29, 0.717) is 19.6 Å². The Balaban J connectivity index is 2.58. The van der Waals surface area contributed by atoms with Crippen molar-refractivity contribution >= 4 is 12.0 Å². The zero-order chi connectivity index (χ0) is 12.8. The Bertz CT molecular complexity index is 306. The van der Waals surface area contributed by atoms with Crippen LogP contribution in [0.4, 0.5) is 4.79 Å². The standard InChI is InChI=1S/C11H18N2O4/c1-3-4-8(2)12-11(16)13-5-6-17-7-9(13)10(14)15/h3,8-9H,1,4-7H2,2H3,(H,12,16)(H,14,15). The minimum Gasteiger partial charge on any atom is -0.480 e. The van der Waals surface area contributed by atoms with Crippen molar-refractivity contribution in [1.82, 2.24) is 10.2 Å². The molecule has 2 N–H and O–H groups in total. The lowest BCUT2D eigenvalue weighted by Gasteiger charge is -2.33. The van der Waals surface area contributed by atoms with E-state index in [1.54, 1.807) is 6.08 Å². The number of nitrogens with zero attached hydrogens (tertiary/aromatic N) is 1. The summed E-state index contributed by atoms with van der Waals surface area (Å²) in [5, 5.41) is 11.7. The number of urea groups is 1. The van der Waals surface area contributed by atoms with Crippen LogP contribution in [0.25, 0.3) is 0 Å². The van der Waals surface area contributed by atoms with Crippen molar-refractivity contribution < 1.29 is 19.4 Å². The largest absolute Gasteiger partial charge is 0.480 e. The van der Waals surface area contributed by atoms with Gasteiger partial charge in [-0.2, -0.15) is 0 Å². The fourth-order valence-corrected chi connectivity index (χ4v) is 1.65. The van der Waals surface area contributed by atoms with Gasteiger partial charge in [-0.25, -0.2) is 9.59 Å². The average molecular weight is 242 g/mol. The van der Waals surface area contributed by atoms with Crippen molar-refractivity contribution in [1.29, 1.82) is 0 Å². The van der Waals surface area contributed by atoms with Crippen molar-refractivity contribution in [3.05, 3.63) is 12.7 Å².